The monoisotopic (exact) mass is 410 g/mol. The van der Waals surface area contributed by atoms with E-state index >= 15 is 0 Å². The lowest BCUT2D eigenvalue weighted by Crippen LogP contribution is -2.32. The molecule has 3 aromatic rings. The van der Waals surface area contributed by atoms with Gasteiger partial charge in [0.25, 0.3) is 0 Å². The third kappa shape index (κ3) is 3.63. The van der Waals surface area contributed by atoms with Crippen molar-refractivity contribution in [3.63, 3.8) is 0 Å². The summed E-state index contributed by atoms with van der Waals surface area (Å²) in [5.41, 5.74) is 2.06. The summed E-state index contributed by atoms with van der Waals surface area (Å²) in [7, 11) is 0. The summed E-state index contributed by atoms with van der Waals surface area (Å²) >= 11 is 1.63. The zero-order valence-corrected chi connectivity index (χ0v) is 17.8. The summed E-state index contributed by atoms with van der Waals surface area (Å²) in [6, 6.07) is 2.21. The number of aromatic nitrogens is 6. The van der Waals surface area contributed by atoms with E-state index in [1.807, 2.05) is 12.4 Å². The number of anilines is 2. The number of hydrogen-bond donors (Lipinski definition) is 0. The van der Waals surface area contributed by atoms with Gasteiger partial charge in [0.2, 0.25) is 5.65 Å². The third-order valence-electron chi connectivity index (χ3n) is 5.70. The van der Waals surface area contributed by atoms with Crippen molar-refractivity contribution in [1.82, 2.24) is 29.5 Å². The van der Waals surface area contributed by atoms with Crippen LogP contribution in [0.1, 0.15) is 43.6 Å². The first-order valence-corrected chi connectivity index (χ1v) is 11.6. The Labute approximate surface area is 174 Å². The molecule has 5 rings (SSSR count). The van der Waals surface area contributed by atoms with E-state index in [0.29, 0.717) is 5.92 Å². The van der Waals surface area contributed by atoms with Crippen LogP contribution in [0.3, 0.4) is 0 Å². The van der Waals surface area contributed by atoms with Crippen molar-refractivity contribution in [2.45, 2.75) is 43.7 Å². The first-order chi connectivity index (χ1) is 14.3. The molecule has 0 aromatic carbocycles. The van der Waals surface area contributed by atoms with Crippen LogP contribution < -0.4 is 9.80 Å². The van der Waals surface area contributed by atoms with Gasteiger partial charge in [-0.05, 0) is 25.5 Å². The summed E-state index contributed by atoms with van der Waals surface area (Å²) in [6.45, 7) is 5.83. The highest BCUT2D eigenvalue weighted by molar-refractivity contribution is 7.98. The van der Waals surface area contributed by atoms with Crippen molar-refractivity contribution < 1.29 is 0 Å². The molecule has 8 nitrogen and oxygen atoms in total. The largest absolute Gasteiger partial charge is 0.355 e. The van der Waals surface area contributed by atoms with E-state index in [2.05, 4.69) is 48.6 Å². The van der Waals surface area contributed by atoms with Gasteiger partial charge in [-0.15, -0.1) is 10.2 Å². The van der Waals surface area contributed by atoms with Crippen LogP contribution in [-0.4, -0.2) is 62.0 Å². The topological polar surface area (TPSA) is 75.3 Å². The molecule has 2 aliphatic rings. The second kappa shape index (κ2) is 7.78. The van der Waals surface area contributed by atoms with Crippen LogP contribution in [0, 0.1) is 0 Å². The molecule has 3 aromatic heterocycles. The van der Waals surface area contributed by atoms with Crippen LogP contribution >= 0.6 is 11.8 Å². The quantitative estimate of drug-likeness (QED) is 0.470. The molecule has 1 aliphatic heterocycles. The first-order valence-electron chi connectivity index (χ1n) is 10.4. The number of aryl methyl sites for hydroxylation is 1. The molecule has 9 heteroatoms. The maximum atomic E-state index is 4.81. The second-order valence-electron chi connectivity index (χ2n) is 7.65. The summed E-state index contributed by atoms with van der Waals surface area (Å²) in [4.78, 5) is 18.9. The smallest absolute Gasteiger partial charge is 0.203 e. The van der Waals surface area contributed by atoms with Crippen LogP contribution in [0.2, 0.25) is 0 Å². The van der Waals surface area contributed by atoms with Gasteiger partial charge in [0, 0.05) is 57.0 Å². The molecular weight excluding hydrogens is 384 g/mol. The molecule has 0 N–H and O–H groups in total. The molecule has 29 heavy (non-hydrogen) atoms. The van der Waals surface area contributed by atoms with Crippen molar-refractivity contribution in [3.05, 3.63) is 30.0 Å². The SMILES string of the molecule is CCc1nnc2c(N3CCCN(c4cc(C5CC5)nc(SC)n4)CC3)nccn12. The second-order valence-corrected chi connectivity index (χ2v) is 8.43. The molecule has 4 heterocycles. The van der Waals surface area contributed by atoms with Crippen LogP contribution in [0.5, 0.6) is 0 Å². The molecule has 0 spiro atoms. The van der Waals surface area contributed by atoms with E-state index in [9.17, 15) is 0 Å². The molecule has 1 saturated carbocycles. The van der Waals surface area contributed by atoms with Gasteiger partial charge >= 0.3 is 0 Å². The zero-order valence-electron chi connectivity index (χ0n) is 17.0. The maximum absolute atomic E-state index is 4.81. The van der Waals surface area contributed by atoms with Gasteiger partial charge < -0.3 is 9.80 Å². The van der Waals surface area contributed by atoms with Crippen molar-refractivity contribution in [2.75, 3.05) is 42.2 Å². The average molecular weight is 411 g/mol. The number of thioether (sulfide) groups is 1. The van der Waals surface area contributed by atoms with Gasteiger partial charge in [-0.3, -0.25) is 4.40 Å². The fraction of sp³-hybridized carbons (Fsp3) is 0.550. The van der Waals surface area contributed by atoms with Gasteiger partial charge in [-0.1, -0.05) is 18.7 Å². The van der Waals surface area contributed by atoms with Crippen molar-refractivity contribution >= 4 is 29.0 Å². The zero-order chi connectivity index (χ0) is 19.8. The Balaban J connectivity index is 1.39. The van der Waals surface area contributed by atoms with Gasteiger partial charge in [-0.2, -0.15) is 0 Å². The normalized spacial score (nSPS) is 17.7. The minimum Gasteiger partial charge on any atom is -0.355 e. The van der Waals surface area contributed by atoms with E-state index in [1.165, 1.54) is 18.5 Å². The van der Waals surface area contributed by atoms with E-state index in [4.69, 9.17) is 9.97 Å². The number of rotatable bonds is 5. The maximum Gasteiger partial charge on any atom is 0.203 e. The minimum atomic E-state index is 0.633. The van der Waals surface area contributed by atoms with Gasteiger partial charge in [0.05, 0.1) is 5.69 Å². The molecule has 2 fully saturated rings. The molecule has 1 aliphatic carbocycles. The van der Waals surface area contributed by atoms with Crippen LogP contribution in [0.25, 0.3) is 5.65 Å². The molecule has 152 valence electrons. The van der Waals surface area contributed by atoms with Gasteiger partial charge in [-0.25, -0.2) is 15.0 Å². The van der Waals surface area contributed by atoms with Crippen molar-refractivity contribution in [1.29, 1.82) is 0 Å². The third-order valence-corrected chi connectivity index (χ3v) is 6.25. The fourth-order valence-electron chi connectivity index (χ4n) is 3.96. The lowest BCUT2D eigenvalue weighted by molar-refractivity contribution is 0.773. The predicted octanol–water partition coefficient (Wildman–Crippen LogP) is 2.79. The van der Waals surface area contributed by atoms with Crippen LogP contribution in [0.4, 0.5) is 11.6 Å². The molecular formula is C20H26N8S. The summed E-state index contributed by atoms with van der Waals surface area (Å²) in [5.74, 6) is 3.59. The van der Waals surface area contributed by atoms with E-state index in [-0.39, 0.29) is 0 Å². The van der Waals surface area contributed by atoms with Crippen LogP contribution in [0.15, 0.2) is 23.6 Å². The van der Waals surface area contributed by atoms with Gasteiger partial charge in [0.1, 0.15) is 11.6 Å². The molecule has 0 unspecified atom stereocenters. The lowest BCUT2D eigenvalue weighted by Gasteiger charge is -2.24. The summed E-state index contributed by atoms with van der Waals surface area (Å²) in [5, 5.41) is 9.61. The molecule has 0 amide bonds. The molecule has 0 bridgehead atoms. The molecule has 1 saturated heterocycles. The van der Waals surface area contributed by atoms with E-state index in [0.717, 1.165) is 67.3 Å². The van der Waals surface area contributed by atoms with E-state index in [1.54, 1.807) is 11.8 Å². The fourth-order valence-corrected chi connectivity index (χ4v) is 4.34. The Morgan fingerprint density at radius 1 is 1.07 bits per heavy atom. The number of nitrogens with zero attached hydrogens (tertiary/aromatic N) is 8. The average Bonchev–Trinajstić information content (AvgIpc) is 3.56. The highest BCUT2D eigenvalue weighted by Crippen LogP contribution is 2.40. The lowest BCUT2D eigenvalue weighted by atomic mass is 10.2. The van der Waals surface area contributed by atoms with Crippen LogP contribution in [-0.2, 0) is 6.42 Å². The minimum absolute atomic E-state index is 0.633. The number of hydrogen-bond acceptors (Lipinski definition) is 8. The Hall–Kier alpha value is -2.42. The highest BCUT2D eigenvalue weighted by atomic mass is 32.2. The predicted molar refractivity (Wildman–Crippen MR) is 115 cm³/mol. The Morgan fingerprint density at radius 2 is 1.90 bits per heavy atom. The molecule has 0 atom stereocenters. The standard InChI is InChI=1S/C20H26N8S/c1-3-16-24-25-19-18(21-7-10-28(16)19)27-9-4-8-26(11-12-27)17-13-15(14-5-6-14)22-20(23-17)29-2/h7,10,13-14H,3-6,8-9,11-12H2,1-2H3. The van der Waals surface area contributed by atoms with Gasteiger partial charge in [0.15, 0.2) is 11.0 Å². The summed E-state index contributed by atoms with van der Waals surface area (Å²) < 4.78 is 2.06. The van der Waals surface area contributed by atoms with E-state index < -0.39 is 0 Å². The Kier molecular flexibility index (Phi) is 4.99. The number of fused-ring (bicyclic) bond motifs is 1. The highest BCUT2D eigenvalue weighted by Gasteiger charge is 2.27. The first kappa shape index (κ1) is 18.6. The summed E-state index contributed by atoms with van der Waals surface area (Å²) in [6.07, 6.45) is 10.3. The molecule has 0 radical (unpaired) electrons. The Morgan fingerprint density at radius 3 is 2.69 bits per heavy atom. The van der Waals surface area contributed by atoms with Crippen molar-refractivity contribution in [3.8, 4) is 0 Å². The van der Waals surface area contributed by atoms with Crippen molar-refractivity contribution in [2.24, 2.45) is 0 Å². The Bertz CT molecular complexity index is 1010.